The van der Waals surface area contributed by atoms with Crippen molar-refractivity contribution in [2.45, 2.75) is 38.1 Å². The van der Waals surface area contributed by atoms with Crippen LogP contribution in [0.25, 0.3) is 0 Å². The SMILES string of the molecule is CCC1(C(=O)O)CCCN1C(=O)NCCc1ncn[nH]1. The molecule has 1 unspecified atom stereocenters. The van der Waals surface area contributed by atoms with Crippen LogP contribution in [0.3, 0.4) is 0 Å². The van der Waals surface area contributed by atoms with Crippen LogP contribution in [0.2, 0.25) is 0 Å². The highest BCUT2D eigenvalue weighted by atomic mass is 16.4. The second kappa shape index (κ2) is 5.89. The minimum absolute atomic E-state index is 0.328. The Morgan fingerprint density at radius 1 is 1.60 bits per heavy atom. The molecule has 1 aliphatic heterocycles. The summed E-state index contributed by atoms with van der Waals surface area (Å²) in [6.45, 7) is 2.67. The van der Waals surface area contributed by atoms with Crippen molar-refractivity contribution < 1.29 is 14.7 Å². The number of aliphatic carboxylic acids is 1. The first-order chi connectivity index (χ1) is 9.60. The van der Waals surface area contributed by atoms with Crippen LogP contribution in [0.1, 0.15) is 32.0 Å². The van der Waals surface area contributed by atoms with Gasteiger partial charge in [0.25, 0.3) is 0 Å². The van der Waals surface area contributed by atoms with Gasteiger partial charge < -0.3 is 15.3 Å². The number of urea groups is 1. The molecule has 0 aliphatic carbocycles. The summed E-state index contributed by atoms with van der Waals surface area (Å²) in [5.41, 5.74) is -1.06. The lowest BCUT2D eigenvalue weighted by molar-refractivity contribution is -0.148. The molecule has 2 heterocycles. The number of hydrogen-bond acceptors (Lipinski definition) is 4. The molecular formula is C12H19N5O3. The zero-order valence-electron chi connectivity index (χ0n) is 11.4. The zero-order chi connectivity index (χ0) is 14.6. The van der Waals surface area contributed by atoms with Gasteiger partial charge >= 0.3 is 12.0 Å². The lowest BCUT2D eigenvalue weighted by Gasteiger charge is -2.33. The van der Waals surface area contributed by atoms with Crippen molar-refractivity contribution in [3.05, 3.63) is 12.2 Å². The number of amides is 2. The molecule has 1 aromatic rings. The summed E-state index contributed by atoms with van der Waals surface area (Å²) in [5, 5.41) is 18.6. The largest absolute Gasteiger partial charge is 0.479 e. The van der Waals surface area contributed by atoms with Crippen molar-refractivity contribution in [3.63, 3.8) is 0 Å². The number of nitrogens with one attached hydrogen (secondary N) is 2. The van der Waals surface area contributed by atoms with E-state index < -0.39 is 11.5 Å². The summed E-state index contributed by atoms with van der Waals surface area (Å²) in [5.74, 6) is -0.241. The molecule has 1 fully saturated rings. The van der Waals surface area contributed by atoms with Gasteiger partial charge in [0, 0.05) is 19.5 Å². The van der Waals surface area contributed by atoms with Gasteiger partial charge in [0.2, 0.25) is 0 Å². The fourth-order valence-corrected chi connectivity index (χ4v) is 2.65. The Bertz CT molecular complexity index is 475. The van der Waals surface area contributed by atoms with E-state index in [1.807, 2.05) is 0 Å². The molecule has 1 aromatic heterocycles. The van der Waals surface area contributed by atoms with Gasteiger partial charge in [-0.25, -0.2) is 14.6 Å². The van der Waals surface area contributed by atoms with Crippen molar-refractivity contribution in [1.29, 1.82) is 0 Å². The van der Waals surface area contributed by atoms with Gasteiger partial charge in [-0.15, -0.1) is 0 Å². The van der Waals surface area contributed by atoms with E-state index in [-0.39, 0.29) is 6.03 Å². The average Bonchev–Trinajstić information content (AvgIpc) is 3.07. The molecule has 3 N–H and O–H groups in total. The smallest absolute Gasteiger partial charge is 0.329 e. The fraction of sp³-hybridized carbons (Fsp3) is 0.667. The standard InChI is InChI=1S/C12H19N5O3/c1-2-12(10(18)19)5-3-7-17(12)11(20)13-6-4-9-14-8-15-16-9/h8H,2-7H2,1H3,(H,13,20)(H,18,19)(H,14,15,16). The summed E-state index contributed by atoms with van der Waals surface area (Å²) >= 11 is 0. The third-order valence-corrected chi connectivity index (χ3v) is 3.82. The predicted molar refractivity (Wildman–Crippen MR) is 70.1 cm³/mol. The van der Waals surface area contributed by atoms with Gasteiger partial charge in [0.15, 0.2) is 0 Å². The Balaban J connectivity index is 1.92. The van der Waals surface area contributed by atoms with Crippen LogP contribution >= 0.6 is 0 Å². The maximum Gasteiger partial charge on any atom is 0.329 e. The molecule has 0 radical (unpaired) electrons. The number of aromatic nitrogens is 3. The Hall–Kier alpha value is -2.12. The quantitative estimate of drug-likeness (QED) is 0.722. The van der Waals surface area contributed by atoms with E-state index in [4.69, 9.17) is 0 Å². The average molecular weight is 281 g/mol. The lowest BCUT2D eigenvalue weighted by atomic mass is 9.93. The highest BCUT2D eigenvalue weighted by Crippen LogP contribution is 2.32. The molecule has 2 rings (SSSR count). The number of carboxylic acids is 1. The lowest BCUT2D eigenvalue weighted by Crippen LogP contribution is -2.55. The van der Waals surface area contributed by atoms with E-state index in [2.05, 4.69) is 20.5 Å². The van der Waals surface area contributed by atoms with Crippen LogP contribution in [0, 0.1) is 0 Å². The van der Waals surface area contributed by atoms with E-state index in [0.717, 1.165) is 6.42 Å². The first-order valence-electron chi connectivity index (χ1n) is 6.73. The fourth-order valence-electron chi connectivity index (χ4n) is 2.65. The summed E-state index contributed by atoms with van der Waals surface area (Å²) < 4.78 is 0. The summed E-state index contributed by atoms with van der Waals surface area (Å²) in [6, 6.07) is -0.328. The van der Waals surface area contributed by atoms with Crippen molar-refractivity contribution in [1.82, 2.24) is 25.4 Å². The number of carbonyl (C=O) groups excluding carboxylic acids is 1. The number of hydrogen-bond donors (Lipinski definition) is 3. The van der Waals surface area contributed by atoms with Crippen molar-refractivity contribution in [2.75, 3.05) is 13.1 Å². The highest BCUT2D eigenvalue weighted by molar-refractivity contribution is 5.87. The van der Waals surface area contributed by atoms with Crippen molar-refractivity contribution >= 4 is 12.0 Å². The number of likely N-dealkylation sites (tertiary alicyclic amines) is 1. The number of H-pyrrole nitrogens is 1. The number of carboxylic acid groups (broad SMARTS) is 1. The first kappa shape index (κ1) is 14.3. The first-order valence-corrected chi connectivity index (χ1v) is 6.73. The highest BCUT2D eigenvalue weighted by Gasteiger charge is 2.48. The van der Waals surface area contributed by atoms with Crippen LogP contribution in [-0.2, 0) is 11.2 Å². The Kier molecular flexibility index (Phi) is 4.21. The van der Waals surface area contributed by atoms with Crippen LogP contribution in [0.5, 0.6) is 0 Å². The van der Waals surface area contributed by atoms with Gasteiger partial charge in [0.1, 0.15) is 17.7 Å². The number of aromatic amines is 1. The number of carbonyl (C=O) groups is 2. The van der Waals surface area contributed by atoms with Crippen LogP contribution in [0.15, 0.2) is 6.33 Å². The predicted octanol–water partition coefficient (Wildman–Crippen LogP) is 0.386. The van der Waals surface area contributed by atoms with Gasteiger partial charge in [-0.2, -0.15) is 5.10 Å². The van der Waals surface area contributed by atoms with Gasteiger partial charge in [-0.1, -0.05) is 6.92 Å². The molecule has 1 atom stereocenters. The Morgan fingerprint density at radius 2 is 2.40 bits per heavy atom. The monoisotopic (exact) mass is 281 g/mol. The molecule has 1 aliphatic rings. The topological polar surface area (TPSA) is 111 Å². The molecule has 0 aromatic carbocycles. The third kappa shape index (κ3) is 2.59. The van der Waals surface area contributed by atoms with Gasteiger partial charge in [0.05, 0.1) is 0 Å². The van der Waals surface area contributed by atoms with E-state index >= 15 is 0 Å². The van der Waals surface area contributed by atoms with E-state index in [9.17, 15) is 14.7 Å². The van der Waals surface area contributed by atoms with E-state index in [1.165, 1.54) is 11.2 Å². The van der Waals surface area contributed by atoms with Gasteiger partial charge in [-0.05, 0) is 19.3 Å². The molecule has 0 spiro atoms. The van der Waals surface area contributed by atoms with Crippen molar-refractivity contribution in [3.8, 4) is 0 Å². The maximum atomic E-state index is 12.2. The molecule has 0 saturated carbocycles. The Labute approximate surface area is 116 Å². The molecular weight excluding hydrogens is 262 g/mol. The van der Waals surface area contributed by atoms with Crippen LogP contribution < -0.4 is 5.32 Å². The summed E-state index contributed by atoms with van der Waals surface area (Å²) in [4.78, 5) is 29.0. The van der Waals surface area contributed by atoms with E-state index in [1.54, 1.807) is 6.92 Å². The molecule has 110 valence electrons. The molecule has 20 heavy (non-hydrogen) atoms. The maximum absolute atomic E-state index is 12.2. The molecule has 2 amide bonds. The molecule has 0 bridgehead atoms. The minimum atomic E-state index is -1.06. The van der Waals surface area contributed by atoms with Crippen molar-refractivity contribution in [2.24, 2.45) is 0 Å². The second-order valence-corrected chi connectivity index (χ2v) is 4.86. The Morgan fingerprint density at radius 3 is 3.00 bits per heavy atom. The van der Waals surface area contributed by atoms with E-state index in [0.29, 0.717) is 38.2 Å². The normalized spacial score (nSPS) is 21.9. The minimum Gasteiger partial charge on any atom is -0.479 e. The second-order valence-electron chi connectivity index (χ2n) is 4.86. The van der Waals surface area contributed by atoms with Crippen LogP contribution in [-0.4, -0.2) is 55.8 Å². The molecule has 1 saturated heterocycles. The summed E-state index contributed by atoms with van der Waals surface area (Å²) in [7, 11) is 0. The number of nitrogens with zero attached hydrogens (tertiary/aromatic N) is 3. The third-order valence-electron chi connectivity index (χ3n) is 3.82. The zero-order valence-corrected chi connectivity index (χ0v) is 11.4. The molecule has 8 heteroatoms. The van der Waals surface area contributed by atoms with Gasteiger partial charge in [-0.3, -0.25) is 5.10 Å². The molecule has 8 nitrogen and oxygen atoms in total. The summed E-state index contributed by atoms with van der Waals surface area (Å²) in [6.07, 6.45) is 3.58. The van der Waals surface area contributed by atoms with Crippen LogP contribution in [0.4, 0.5) is 4.79 Å². The number of rotatable bonds is 5.